The quantitative estimate of drug-likeness (QED) is 0.853. The number of thiocarbonyl (C=S) groups is 1. The van der Waals surface area contributed by atoms with Crippen LogP contribution in [-0.2, 0) is 4.74 Å². The molecule has 0 aromatic heterocycles. The molecule has 3 nitrogen and oxygen atoms in total. The van der Waals surface area contributed by atoms with E-state index in [1.165, 1.54) is 0 Å². The van der Waals surface area contributed by atoms with E-state index in [2.05, 4.69) is 0 Å². The van der Waals surface area contributed by atoms with Crippen molar-refractivity contribution in [2.45, 2.75) is 32.8 Å². The molecule has 1 fully saturated rings. The number of ether oxygens (including phenoxy) is 2. The summed E-state index contributed by atoms with van der Waals surface area (Å²) in [5.74, 6) is 0.936. The van der Waals surface area contributed by atoms with Crippen molar-refractivity contribution in [3.63, 3.8) is 0 Å². The Labute approximate surface area is 113 Å². The molecule has 1 aromatic carbocycles. The zero-order valence-corrected chi connectivity index (χ0v) is 11.7. The summed E-state index contributed by atoms with van der Waals surface area (Å²) in [7, 11) is 0. The number of hydrogen-bond donors (Lipinski definition) is 1. The SMILES string of the molecule is Cc1cc(C(N)=S)cc(C)c1OC1CCCOC1. The van der Waals surface area contributed by atoms with Gasteiger partial charge >= 0.3 is 0 Å². The monoisotopic (exact) mass is 265 g/mol. The van der Waals surface area contributed by atoms with Gasteiger partial charge in [-0.15, -0.1) is 0 Å². The summed E-state index contributed by atoms with van der Waals surface area (Å²) < 4.78 is 11.5. The number of rotatable bonds is 3. The Kier molecular flexibility index (Phi) is 4.19. The Bertz CT molecular complexity index is 430. The molecule has 1 aromatic rings. The van der Waals surface area contributed by atoms with Gasteiger partial charge in [-0.05, 0) is 49.9 Å². The third kappa shape index (κ3) is 3.00. The van der Waals surface area contributed by atoms with Crippen molar-refractivity contribution in [3.8, 4) is 5.75 Å². The Balaban J connectivity index is 2.19. The third-order valence-corrected chi connectivity index (χ3v) is 3.38. The second-order valence-corrected chi connectivity index (χ2v) is 5.20. The largest absolute Gasteiger partial charge is 0.487 e. The highest BCUT2D eigenvalue weighted by Gasteiger charge is 2.18. The van der Waals surface area contributed by atoms with E-state index in [1.54, 1.807) is 0 Å². The molecule has 1 unspecified atom stereocenters. The van der Waals surface area contributed by atoms with Crippen molar-refractivity contribution in [1.82, 2.24) is 0 Å². The van der Waals surface area contributed by atoms with Gasteiger partial charge in [-0.25, -0.2) is 0 Å². The van der Waals surface area contributed by atoms with E-state index in [0.717, 1.165) is 41.9 Å². The molecule has 0 spiro atoms. The maximum absolute atomic E-state index is 6.04. The van der Waals surface area contributed by atoms with Gasteiger partial charge in [0.2, 0.25) is 0 Å². The van der Waals surface area contributed by atoms with Crippen LogP contribution in [0.5, 0.6) is 5.75 Å². The highest BCUT2D eigenvalue weighted by atomic mass is 32.1. The van der Waals surface area contributed by atoms with Crippen molar-refractivity contribution in [1.29, 1.82) is 0 Å². The third-order valence-electron chi connectivity index (χ3n) is 3.15. The van der Waals surface area contributed by atoms with Crippen LogP contribution in [0.1, 0.15) is 29.5 Å². The Hall–Kier alpha value is -1.13. The van der Waals surface area contributed by atoms with Crippen LogP contribution in [0.2, 0.25) is 0 Å². The second-order valence-electron chi connectivity index (χ2n) is 4.76. The fourth-order valence-corrected chi connectivity index (χ4v) is 2.37. The second kappa shape index (κ2) is 5.67. The van der Waals surface area contributed by atoms with E-state index in [1.807, 2.05) is 26.0 Å². The molecule has 2 rings (SSSR count). The molecule has 1 aliphatic heterocycles. The summed E-state index contributed by atoms with van der Waals surface area (Å²) in [5, 5.41) is 0. The minimum Gasteiger partial charge on any atom is -0.487 e. The van der Waals surface area contributed by atoms with Gasteiger partial charge in [-0.2, -0.15) is 0 Å². The van der Waals surface area contributed by atoms with E-state index in [0.29, 0.717) is 11.6 Å². The van der Waals surface area contributed by atoms with Gasteiger partial charge in [0.1, 0.15) is 16.8 Å². The molecule has 0 saturated carbocycles. The van der Waals surface area contributed by atoms with Crippen LogP contribution in [0.4, 0.5) is 0 Å². The van der Waals surface area contributed by atoms with E-state index in [4.69, 9.17) is 27.4 Å². The lowest BCUT2D eigenvalue weighted by atomic mass is 10.1. The Morgan fingerprint density at radius 2 is 2.06 bits per heavy atom. The molecule has 1 heterocycles. The summed E-state index contributed by atoms with van der Waals surface area (Å²) in [6.07, 6.45) is 2.27. The van der Waals surface area contributed by atoms with E-state index < -0.39 is 0 Å². The van der Waals surface area contributed by atoms with Gasteiger partial charge in [-0.1, -0.05) is 12.2 Å². The standard InChI is InChI=1S/C14H19NO2S/c1-9-6-11(14(15)18)7-10(2)13(9)17-12-4-3-5-16-8-12/h6-7,12H,3-5,8H2,1-2H3,(H2,15,18). The molecular formula is C14H19NO2S. The minimum absolute atomic E-state index is 0.159. The van der Waals surface area contributed by atoms with E-state index in [9.17, 15) is 0 Å². The number of aryl methyl sites for hydroxylation is 2. The highest BCUT2D eigenvalue weighted by molar-refractivity contribution is 7.80. The first kappa shape index (κ1) is 13.3. The first-order chi connectivity index (χ1) is 8.58. The summed E-state index contributed by atoms with van der Waals surface area (Å²) >= 11 is 5.00. The van der Waals surface area contributed by atoms with E-state index in [-0.39, 0.29) is 6.10 Å². The Morgan fingerprint density at radius 3 is 2.56 bits per heavy atom. The average Bonchev–Trinajstić information content (AvgIpc) is 2.34. The molecule has 0 amide bonds. The van der Waals surface area contributed by atoms with Crippen LogP contribution in [0.15, 0.2) is 12.1 Å². The first-order valence-electron chi connectivity index (χ1n) is 6.23. The lowest BCUT2D eigenvalue weighted by molar-refractivity contribution is 0.00687. The summed E-state index contributed by atoms with van der Waals surface area (Å²) in [5.41, 5.74) is 8.70. The van der Waals surface area contributed by atoms with Crippen LogP contribution < -0.4 is 10.5 Å². The average molecular weight is 265 g/mol. The minimum atomic E-state index is 0.159. The summed E-state index contributed by atoms with van der Waals surface area (Å²) in [6.45, 7) is 5.57. The van der Waals surface area contributed by atoms with Crippen molar-refractivity contribution < 1.29 is 9.47 Å². The van der Waals surface area contributed by atoms with Crippen LogP contribution in [-0.4, -0.2) is 24.3 Å². The maximum atomic E-state index is 6.04. The van der Waals surface area contributed by atoms with Crippen molar-refractivity contribution >= 4 is 17.2 Å². The predicted octanol–water partition coefficient (Wildman–Crippen LogP) is 2.50. The van der Waals surface area contributed by atoms with Crippen molar-refractivity contribution in [3.05, 3.63) is 28.8 Å². The van der Waals surface area contributed by atoms with Gasteiger partial charge in [-0.3, -0.25) is 0 Å². The predicted molar refractivity (Wildman–Crippen MR) is 76.3 cm³/mol. The normalized spacial score (nSPS) is 19.6. The Morgan fingerprint density at radius 1 is 1.39 bits per heavy atom. The molecular weight excluding hydrogens is 246 g/mol. The molecule has 0 radical (unpaired) electrons. The van der Waals surface area contributed by atoms with Crippen LogP contribution in [0.25, 0.3) is 0 Å². The van der Waals surface area contributed by atoms with Crippen molar-refractivity contribution in [2.75, 3.05) is 13.2 Å². The number of benzene rings is 1. The zero-order chi connectivity index (χ0) is 13.1. The van der Waals surface area contributed by atoms with Crippen LogP contribution >= 0.6 is 12.2 Å². The summed E-state index contributed by atoms with van der Waals surface area (Å²) in [6, 6.07) is 3.96. The lowest BCUT2D eigenvalue weighted by Crippen LogP contribution is -2.28. The molecule has 1 aliphatic rings. The highest BCUT2D eigenvalue weighted by Crippen LogP contribution is 2.27. The zero-order valence-electron chi connectivity index (χ0n) is 10.9. The van der Waals surface area contributed by atoms with Gasteiger partial charge in [0.25, 0.3) is 0 Å². The van der Waals surface area contributed by atoms with Gasteiger partial charge in [0, 0.05) is 12.2 Å². The lowest BCUT2D eigenvalue weighted by Gasteiger charge is -2.25. The molecule has 2 N–H and O–H groups in total. The molecule has 1 saturated heterocycles. The molecule has 4 heteroatoms. The molecule has 1 atom stereocenters. The van der Waals surface area contributed by atoms with E-state index >= 15 is 0 Å². The topological polar surface area (TPSA) is 44.5 Å². The van der Waals surface area contributed by atoms with Gasteiger partial charge in [0.05, 0.1) is 6.61 Å². The number of nitrogens with two attached hydrogens (primary N) is 1. The van der Waals surface area contributed by atoms with Gasteiger partial charge < -0.3 is 15.2 Å². The number of hydrogen-bond acceptors (Lipinski definition) is 3. The maximum Gasteiger partial charge on any atom is 0.125 e. The molecule has 0 bridgehead atoms. The van der Waals surface area contributed by atoms with Crippen LogP contribution in [0, 0.1) is 13.8 Å². The fourth-order valence-electron chi connectivity index (χ4n) is 2.25. The summed E-state index contributed by atoms with van der Waals surface area (Å²) in [4.78, 5) is 0.425. The van der Waals surface area contributed by atoms with Gasteiger partial charge in [0.15, 0.2) is 0 Å². The smallest absolute Gasteiger partial charge is 0.125 e. The fraction of sp³-hybridized carbons (Fsp3) is 0.500. The van der Waals surface area contributed by atoms with Crippen LogP contribution in [0.3, 0.4) is 0 Å². The molecule has 0 aliphatic carbocycles. The first-order valence-corrected chi connectivity index (χ1v) is 6.64. The van der Waals surface area contributed by atoms with Crippen molar-refractivity contribution in [2.24, 2.45) is 5.73 Å². The molecule has 18 heavy (non-hydrogen) atoms. The molecule has 98 valence electrons.